The normalized spacial score (nSPS) is 18.0. The summed E-state index contributed by atoms with van der Waals surface area (Å²) in [6, 6.07) is 11.7. The first-order chi connectivity index (χ1) is 16.4. The zero-order valence-corrected chi connectivity index (χ0v) is 20.2. The number of ether oxygens (including phenoxy) is 2. The van der Waals surface area contributed by atoms with E-state index < -0.39 is 0 Å². The molecule has 1 atom stereocenters. The zero-order valence-electron chi connectivity index (χ0n) is 19.4. The third kappa shape index (κ3) is 7.20. The van der Waals surface area contributed by atoms with Crippen LogP contribution < -0.4 is 15.4 Å². The number of rotatable bonds is 3. The third-order valence-corrected chi connectivity index (χ3v) is 5.56. The number of nitrogens with zero attached hydrogens (tertiary/aromatic N) is 1. The largest absolute Gasteiger partial charge is 0.491 e. The molecule has 1 aliphatic heterocycles. The maximum atomic E-state index is 13.2. The van der Waals surface area contributed by atoms with E-state index in [1.807, 2.05) is 6.07 Å². The molecule has 0 aliphatic carbocycles. The Kier molecular flexibility index (Phi) is 9.30. The van der Waals surface area contributed by atoms with Crippen molar-refractivity contribution >= 4 is 29.3 Å². The minimum Gasteiger partial charge on any atom is -0.491 e. The molecule has 9 heteroatoms. The minimum absolute atomic E-state index is 0.0732. The van der Waals surface area contributed by atoms with Gasteiger partial charge in [-0.25, -0.2) is 0 Å². The van der Waals surface area contributed by atoms with Gasteiger partial charge in [-0.3, -0.25) is 14.4 Å². The van der Waals surface area contributed by atoms with Crippen molar-refractivity contribution in [3.63, 3.8) is 0 Å². The molecule has 0 bridgehead atoms. The van der Waals surface area contributed by atoms with E-state index >= 15 is 0 Å². The monoisotopic (exact) mass is 487 g/mol. The van der Waals surface area contributed by atoms with Gasteiger partial charge < -0.3 is 25.0 Å². The highest BCUT2D eigenvalue weighted by Crippen LogP contribution is 2.23. The second kappa shape index (κ2) is 12.4. The van der Waals surface area contributed by atoms with Gasteiger partial charge in [-0.15, -0.1) is 0 Å². The van der Waals surface area contributed by atoms with Crippen LogP contribution in [-0.4, -0.2) is 62.0 Å². The van der Waals surface area contributed by atoms with Crippen LogP contribution in [0.3, 0.4) is 0 Å². The Morgan fingerprint density at radius 1 is 1.21 bits per heavy atom. The number of methoxy groups -OCH3 is 1. The van der Waals surface area contributed by atoms with Crippen LogP contribution in [-0.2, 0) is 16.1 Å². The lowest BCUT2D eigenvalue weighted by Gasteiger charge is -2.24. The van der Waals surface area contributed by atoms with Crippen LogP contribution in [0.15, 0.2) is 42.5 Å². The topological polar surface area (TPSA) is 97.0 Å². The molecule has 0 saturated carbocycles. The van der Waals surface area contributed by atoms with Crippen LogP contribution in [0.2, 0.25) is 5.02 Å². The Morgan fingerprint density at radius 3 is 2.82 bits per heavy atom. The lowest BCUT2D eigenvalue weighted by atomic mass is 10.1. The van der Waals surface area contributed by atoms with Crippen LogP contribution in [0.25, 0.3) is 0 Å². The Labute approximate surface area is 204 Å². The molecule has 0 unspecified atom stereocenters. The first-order valence-corrected chi connectivity index (χ1v) is 11.6. The molecule has 0 saturated heterocycles. The van der Waals surface area contributed by atoms with Gasteiger partial charge in [-0.1, -0.05) is 23.7 Å². The molecule has 3 amide bonds. The summed E-state index contributed by atoms with van der Waals surface area (Å²) in [5, 5.41) is 6.17. The molecule has 182 valence electrons. The summed E-state index contributed by atoms with van der Waals surface area (Å²) in [7, 11) is 1.60. The van der Waals surface area contributed by atoms with Gasteiger partial charge in [0.1, 0.15) is 12.4 Å². The number of nitrogens with one attached hydrogen (secondary N) is 2. The Bertz CT molecular complexity index is 1030. The van der Waals surface area contributed by atoms with E-state index in [0.29, 0.717) is 54.4 Å². The lowest BCUT2D eigenvalue weighted by Crippen LogP contribution is -2.45. The number of hydrogen-bond donors (Lipinski definition) is 2. The van der Waals surface area contributed by atoms with Gasteiger partial charge in [0.25, 0.3) is 11.8 Å². The van der Waals surface area contributed by atoms with E-state index in [-0.39, 0.29) is 36.9 Å². The number of halogens is 1. The van der Waals surface area contributed by atoms with Crippen molar-refractivity contribution in [2.75, 3.05) is 33.4 Å². The van der Waals surface area contributed by atoms with Crippen LogP contribution >= 0.6 is 11.6 Å². The molecule has 34 heavy (non-hydrogen) atoms. The predicted octanol–water partition coefficient (Wildman–Crippen LogP) is 3.04. The molecular formula is C25H30ClN3O5. The zero-order chi connectivity index (χ0) is 24.5. The van der Waals surface area contributed by atoms with E-state index in [1.54, 1.807) is 50.4 Å². The number of fused-ring (bicyclic) bond motifs is 1. The van der Waals surface area contributed by atoms with Crippen molar-refractivity contribution in [1.29, 1.82) is 0 Å². The maximum Gasteiger partial charge on any atom is 0.255 e. The van der Waals surface area contributed by atoms with Crippen molar-refractivity contribution in [1.82, 2.24) is 15.5 Å². The second-order valence-corrected chi connectivity index (χ2v) is 8.68. The first-order valence-electron chi connectivity index (χ1n) is 11.2. The summed E-state index contributed by atoms with van der Waals surface area (Å²) >= 11 is 6.07. The molecule has 3 rings (SSSR count). The molecular weight excluding hydrogens is 458 g/mol. The summed E-state index contributed by atoms with van der Waals surface area (Å²) in [4.78, 5) is 40.1. The standard InChI is InChI=1S/C25H30ClN3O5/c1-17-15-34-22-9-8-20(26)13-21(22)24(31)27-10-3-4-11-29(14-23(30)28-17)25(32)19-7-5-6-18(12-19)16-33-2/h5-9,12-13,17H,3-4,10-11,14-16H2,1-2H3,(H,27,31)(H,28,30)/t17-/m1/s1. The molecule has 0 aromatic heterocycles. The first kappa shape index (κ1) is 25.5. The minimum atomic E-state index is -0.341. The van der Waals surface area contributed by atoms with E-state index in [1.165, 1.54) is 4.90 Å². The van der Waals surface area contributed by atoms with Crippen molar-refractivity contribution < 1.29 is 23.9 Å². The molecule has 2 aromatic rings. The van der Waals surface area contributed by atoms with Gasteiger partial charge in [-0.05, 0) is 55.7 Å². The van der Waals surface area contributed by atoms with Crippen molar-refractivity contribution in [2.24, 2.45) is 0 Å². The Balaban J connectivity index is 1.75. The molecule has 1 aliphatic rings. The lowest BCUT2D eigenvalue weighted by molar-refractivity contribution is -0.122. The van der Waals surface area contributed by atoms with Gasteiger partial charge in [0.2, 0.25) is 5.91 Å². The molecule has 2 N–H and O–H groups in total. The summed E-state index contributed by atoms with van der Waals surface area (Å²) < 4.78 is 11.0. The summed E-state index contributed by atoms with van der Waals surface area (Å²) in [5.74, 6) is -0.400. The van der Waals surface area contributed by atoms with Crippen LogP contribution in [0, 0.1) is 0 Å². The SMILES string of the molecule is COCc1cccc(C(=O)N2CCCCNC(=O)c3cc(Cl)ccc3OC[C@@H](C)NC(=O)C2)c1. The number of amides is 3. The van der Waals surface area contributed by atoms with Crippen LogP contribution in [0.5, 0.6) is 5.75 Å². The van der Waals surface area contributed by atoms with E-state index in [2.05, 4.69) is 10.6 Å². The van der Waals surface area contributed by atoms with Gasteiger partial charge >= 0.3 is 0 Å². The van der Waals surface area contributed by atoms with E-state index in [4.69, 9.17) is 21.1 Å². The third-order valence-electron chi connectivity index (χ3n) is 5.33. The van der Waals surface area contributed by atoms with Crippen molar-refractivity contribution in [3.05, 3.63) is 64.2 Å². The van der Waals surface area contributed by atoms with Crippen molar-refractivity contribution in [3.8, 4) is 5.75 Å². The summed E-state index contributed by atoms with van der Waals surface area (Å²) in [6.45, 7) is 3.07. The maximum absolute atomic E-state index is 13.2. The molecule has 1 heterocycles. The van der Waals surface area contributed by atoms with Crippen LogP contribution in [0.4, 0.5) is 0 Å². The molecule has 2 aromatic carbocycles. The van der Waals surface area contributed by atoms with Gasteiger partial charge in [0.15, 0.2) is 0 Å². The molecule has 0 spiro atoms. The van der Waals surface area contributed by atoms with E-state index in [9.17, 15) is 14.4 Å². The van der Waals surface area contributed by atoms with Crippen LogP contribution in [0.1, 0.15) is 46.0 Å². The van der Waals surface area contributed by atoms with E-state index in [0.717, 1.165) is 5.56 Å². The highest BCUT2D eigenvalue weighted by atomic mass is 35.5. The van der Waals surface area contributed by atoms with Gasteiger partial charge in [-0.2, -0.15) is 0 Å². The number of carbonyl (C=O) groups is 3. The number of carbonyl (C=O) groups excluding carboxylic acids is 3. The average Bonchev–Trinajstić information content (AvgIpc) is 2.81. The quantitative estimate of drug-likeness (QED) is 0.693. The fraction of sp³-hybridized carbons (Fsp3) is 0.400. The fourth-order valence-electron chi connectivity index (χ4n) is 3.68. The highest BCUT2D eigenvalue weighted by Gasteiger charge is 2.21. The second-order valence-electron chi connectivity index (χ2n) is 8.24. The number of hydrogen-bond acceptors (Lipinski definition) is 5. The molecule has 0 fully saturated rings. The summed E-state index contributed by atoms with van der Waals surface area (Å²) in [5.41, 5.74) is 1.72. The van der Waals surface area contributed by atoms with Crippen molar-refractivity contribution in [2.45, 2.75) is 32.4 Å². The predicted molar refractivity (Wildman–Crippen MR) is 129 cm³/mol. The Hall–Kier alpha value is -3.10. The Morgan fingerprint density at radius 2 is 2.03 bits per heavy atom. The summed E-state index contributed by atoms with van der Waals surface area (Å²) in [6.07, 6.45) is 1.25. The average molecular weight is 488 g/mol. The molecule has 0 radical (unpaired) electrons. The van der Waals surface area contributed by atoms with Gasteiger partial charge in [0.05, 0.1) is 24.8 Å². The van der Waals surface area contributed by atoms with Gasteiger partial charge in [0, 0.05) is 30.8 Å². The fourth-order valence-corrected chi connectivity index (χ4v) is 3.85. The highest BCUT2D eigenvalue weighted by molar-refractivity contribution is 6.31. The number of benzene rings is 2. The molecule has 8 nitrogen and oxygen atoms in total. The smallest absolute Gasteiger partial charge is 0.255 e.